The molecule has 0 aliphatic carbocycles. The number of para-hydroxylation sites is 1. The molecule has 0 bridgehead atoms. The van der Waals surface area contributed by atoms with E-state index in [0.29, 0.717) is 32.1 Å². The first-order valence-corrected chi connectivity index (χ1v) is 13.5. The molecule has 0 aliphatic heterocycles. The Balaban J connectivity index is 1.49. The normalized spacial score (nSPS) is 11.4. The largest absolute Gasteiger partial charge is 0.494 e. The maximum atomic E-state index is 13.2. The Bertz CT molecular complexity index is 1160. The lowest BCUT2D eigenvalue weighted by Crippen LogP contribution is -2.42. The molecule has 9 heteroatoms. The maximum absolute atomic E-state index is 13.2. The second-order valence-electron chi connectivity index (χ2n) is 9.12. The summed E-state index contributed by atoms with van der Waals surface area (Å²) in [5.41, 5.74) is 1.63. The fourth-order valence-corrected chi connectivity index (χ4v) is 3.95. The highest BCUT2D eigenvalue weighted by Gasteiger charge is 2.18. The minimum absolute atomic E-state index is 0.233. The van der Waals surface area contributed by atoms with Crippen molar-refractivity contribution >= 4 is 12.0 Å². The van der Waals surface area contributed by atoms with Crippen LogP contribution in [0.5, 0.6) is 11.5 Å². The predicted molar refractivity (Wildman–Crippen MR) is 150 cm³/mol. The average molecular weight is 553 g/mol. The van der Waals surface area contributed by atoms with E-state index >= 15 is 0 Å². The van der Waals surface area contributed by atoms with Crippen molar-refractivity contribution in [2.24, 2.45) is 0 Å². The van der Waals surface area contributed by atoms with Gasteiger partial charge in [-0.3, -0.25) is 0 Å². The van der Waals surface area contributed by atoms with E-state index in [0.717, 1.165) is 29.7 Å². The Labute approximate surface area is 234 Å². The number of hydrogen-bond donors (Lipinski definition) is 2. The number of halogens is 1. The lowest BCUT2D eigenvalue weighted by molar-refractivity contribution is -0.149. The molecule has 3 aromatic carbocycles. The van der Waals surface area contributed by atoms with Gasteiger partial charge >= 0.3 is 12.0 Å². The zero-order valence-electron chi connectivity index (χ0n) is 22.8. The van der Waals surface area contributed by atoms with Crippen LogP contribution in [0.3, 0.4) is 0 Å². The van der Waals surface area contributed by atoms with Crippen molar-refractivity contribution in [3.05, 3.63) is 95.8 Å². The molecule has 0 aliphatic rings. The first-order chi connectivity index (χ1) is 19.4. The summed E-state index contributed by atoms with van der Waals surface area (Å²) in [5.74, 6) is 0.115. The van der Waals surface area contributed by atoms with E-state index in [1.54, 1.807) is 36.1 Å². The highest BCUT2D eigenvalue weighted by Crippen LogP contribution is 2.15. The number of carboxylic acid groups (broad SMARTS) is 1. The SMILES string of the molecule is CCOC(Cc1ccc(OCCN(CCCCOc2ccccc2)C(=O)NCc2ccc(F)cc2)cc1)C(=O)O. The summed E-state index contributed by atoms with van der Waals surface area (Å²) in [6.07, 6.45) is 0.893. The number of carbonyl (C=O) groups is 2. The van der Waals surface area contributed by atoms with Crippen LogP contribution >= 0.6 is 0 Å². The van der Waals surface area contributed by atoms with Crippen LogP contribution in [0, 0.1) is 5.82 Å². The third-order valence-corrected chi connectivity index (χ3v) is 6.10. The second kappa shape index (κ2) is 16.8. The molecule has 0 aromatic heterocycles. The molecule has 2 N–H and O–H groups in total. The zero-order valence-corrected chi connectivity index (χ0v) is 22.8. The number of unbranched alkanes of at least 4 members (excludes halogenated alkanes) is 1. The van der Waals surface area contributed by atoms with E-state index in [1.807, 2.05) is 42.5 Å². The van der Waals surface area contributed by atoms with Gasteiger partial charge in [0.15, 0.2) is 6.10 Å². The highest BCUT2D eigenvalue weighted by atomic mass is 19.1. The minimum atomic E-state index is -0.994. The first kappa shape index (κ1) is 30.4. The summed E-state index contributed by atoms with van der Waals surface area (Å²) in [4.78, 5) is 26.0. The van der Waals surface area contributed by atoms with Crippen LogP contribution in [-0.4, -0.2) is 61.0 Å². The number of urea groups is 1. The van der Waals surface area contributed by atoms with E-state index in [1.165, 1.54) is 12.1 Å². The Kier molecular flexibility index (Phi) is 12.8. The molecule has 0 saturated heterocycles. The molecule has 0 saturated carbocycles. The lowest BCUT2D eigenvalue weighted by atomic mass is 10.1. The van der Waals surface area contributed by atoms with Gasteiger partial charge in [-0.1, -0.05) is 42.5 Å². The monoisotopic (exact) mass is 552 g/mol. The fourth-order valence-electron chi connectivity index (χ4n) is 3.95. The molecular formula is C31H37FN2O6. The molecule has 0 heterocycles. The van der Waals surface area contributed by atoms with E-state index < -0.39 is 12.1 Å². The van der Waals surface area contributed by atoms with Gasteiger partial charge in [0, 0.05) is 26.1 Å². The van der Waals surface area contributed by atoms with Crippen molar-refractivity contribution in [3.63, 3.8) is 0 Å². The molecule has 0 spiro atoms. The topological polar surface area (TPSA) is 97.3 Å². The van der Waals surface area contributed by atoms with Crippen molar-refractivity contribution in [1.82, 2.24) is 10.2 Å². The van der Waals surface area contributed by atoms with Gasteiger partial charge in [0.25, 0.3) is 0 Å². The number of benzene rings is 3. The zero-order chi connectivity index (χ0) is 28.6. The van der Waals surface area contributed by atoms with Crippen LogP contribution in [0.4, 0.5) is 9.18 Å². The van der Waals surface area contributed by atoms with Crippen LogP contribution in [0.25, 0.3) is 0 Å². The van der Waals surface area contributed by atoms with Crippen LogP contribution in [0.15, 0.2) is 78.9 Å². The molecule has 214 valence electrons. The van der Waals surface area contributed by atoms with Gasteiger partial charge in [0.05, 0.1) is 13.2 Å². The Hall–Kier alpha value is -4.11. The number of rotatable bonds is 17. The average Bonchev–Trinajstić information content (AvgIpc) is 2.96. The van der Waals surface area contributed by atoms with Crippen molar-refractivity contribution < 1.29 is 33.3 Å². The molecule has 40 heavy (non-hydrogen) atoms. The van der Waals surface area contributed by atoms with Gasteiger partial charge in [-0.15, -0.1) is 0 Å². The van der Waals surface area contributed by atoms with Crippen LogP contribution in [0.1, 0.15) is 30.9 Å². The highest BCUT2D eigenvalue weighted by molar-refractivity contribution is 5.74. The van der Waals surface area contributed by atoms with Gasteiger partial charge in [0.2, 0.25) is 0 Å². The fraction of sp³-hybridized carbons (Fsp3) is 0.355. The third-order valence-electron chi connectivity index (χ3n) is 6.10. The van der Waals surface area contributed by atoms with Crippen molar-refractivity contribution in [2.45, 2.75) is 38.8 Å². The molecule has 3 aromatic rings. The summed E-state index contributed by atoms with van der Waals surface area (Å²) in [6, 6.07) is 22.5. The molecule has 0 radical (unpaired) electrons. The number of ether oxygens (including phenoxy) is 3. The van der Waals surface area contributed by atoms with Gasteiger partial charge in [-0.2, -0.15) is 0 Å². The van der Waals surface area contributed by atoms with Crippen molar-refractivity contribution in [1.29, 1.82) is 0 Å². The molecule has 1 unspecified atom stereocenters. The van der Waals surface area contributed by atoms with Crippen molar-refractivity contribution in [2.75, 3.05) is 32.9 Å². The third kappa shape index (κ3) is 10.9. The van der Waals surface area contributed by atoms with E-state index in [-0.39, 0.29) is 31.4 Å². The Morgan fingerprint density at radius 2 is 1.50 bits per heavy atom. The summed E-state index contributed by atoms with van der Waals surface area (Å²) in [7, 11) is 0. The maximum Gasteiger partial charge on any atom is 0.333 e. The van der Waals surface area contributed by atoms with Crippen LogP contribution < -0.4 is 14.8 Å². The lowest BCUT2D eigenvalue weighted by Gasteiger charge is -2.23. The van der Waals surface area contributed by atoms with Gasteiger partial charge in [-0.05, 0) is 67.3 Å². The number of aliphatic carboxylic acids is 1. The molecular weight excluding hydrogens is 515 g/mol. The number of hydrogen-bond acceptors (Lipinski definition) is 5. The van der Waals surface area contributed by atoms with Crippen LogP contribution in [0.2, 0.25) is 0 Å². The number of carboxylic acids is 1. The Morgan fingerprint density at radius 3 is 2.17 bits per heavy atom. The Morgan fingerprint density at radius 1 is 0.850 bits per heavy atom. The van der Waals surface area contributed by atoms with E-state index in [4.69, 9.17) is 14.2 Å². The molecule has 0 fully saturated rings. The molecule has 2 amide bonds. The molecule has 3 rings (SSSR count). The standard InChI is InChI=1S/C31H37FN2O6/c1-2-38-29(30(35)36)22-24-12-16-28(17-13-24)40-21-19-34(18-6-7-20-39-27-8-4-3-5-9-27)31(37)33-23-25-10-14-26(32)15-11-25/h3-5,8-17,29H,2,6-7,18-23H2,1H3,(H,33,37)(H,35,36). The van der Waals surface area contributed by atoms with E-state index in [2.05, 4.69) is 5.32 Å². The number of nitrogens with zero attached hydrogens (tertiary/aromatic N) is 1. The van der Waals surface area contributed by atoms with Crippen molar-refractivity contribution in [3.8, 4) is 11.5 Å². The quantitative estimate of drug-likeness (QED) is 0.221. The molecule has 1 atom stereocenters. The van der Waals surface area contributed by atoms with Crippen LogP contribution in [-0.2, 0) is 22.5 Å². The number of nitrogens with one attached hydrogen (secondary N) is 1. The summed E-state index contributed by atoms with van der Waals surface area (Å²) in [5, 5.41) is 12.2. The van der Waals surface area contributed by atoms with Gasteiger partial charge < -0.3 is 29.5 Å². The van der Waals surface area contributed by atoms with E-state index in [9.17, 15) is 19.1 Å². The van der Waals surface area contributed by atoms with Gasteiger partial charge in [0.1, 0.15) is 23.9 Å². The second-order valence-corrected chi connectivity index (χ2v) is 9.12. The molecule has 8 nitrogen and oxygen atoms in total. The summed E-state index contributed by atoms with van der Waals surface area (Å²) in [6.45, 7) is 4.08. The summed E-state index contributed by atoms with van der Waals surface area (Å²) < 4.78 is 30.1. The minimum Gasteiger partial charge on any atom is -0.494 e. The number of amides is 2. The first-order valence-electron chi connectivity index (χ1n) is 13.5. The number of carbonyl (C=O) groups excluding carboxylic acids is 1. The smallest absolute Gasteiger partial charge is 0.333 e. The predicted octanol–water partition coefficient (Wildman–Crippen LogP) is 5.31. The summed E-state index contributed by atoms with van der Waals surface area (Å²) >= 11 is 0. The van der Waals surface area contributed by atoms with Gasteiger partial charge in [-0.25, -0.2) is 14.0 Å².